The lowest BCUT2D eigenvalue weighted by atomic mass is 9.90. The van der Waals surface area contributed by atoms with Crippen molar-refractivity contribution in [3.05, 3.63) is 42.0 Å². The number of hydrogen-bond acceptors (Lipinski definition) is 5. The molecule has 2 heterocycles. The molecular formula is C20H23N3O4. The number of urea groups is 1. The van der Waals surface area contributed by atoms with Crippen LogP contribution < -0.4 is 10.1 Å². The Balaban J connectivity index is 1.61. The van der Waals surface area contributed by atoms with Gasteiger partial charge in [0.1, 0.15) is 11.3 Å². The van der Waals surface area contributed by atoms with Crippen LogP contribution in [0, 0.1) is 0 Å². The molecule has 2 aromatic rings. The highest BCUT2D eigenvalue weighted by Crippen LogP contribution is 2.32. The molecular weight excluding hydrogens is 346 g/mol. The molecule has 2 aliphatic heterocycles. The van der Waals surface area contributed by atoms with Gasteiger partial charge in [0.2, 0.25) is 0 Å². The van der Waals surface area contributed by atoms with E-state index in [1.807, 2.05) is 36.4 Å². The minimum atomic E-state index is -1.07. The summed E-state index contributed by atoms with van der Waals surface area (Å²) in [6.07, 6.45) is 0. The van der Waals surface area contributed by atoms with Gasteiger partial charge >= 0.3 is 6.03 Å². The molecule has 1 N–H and O–H groups in total. The Morgan fingerprint density at radius 2 is 1.81 bits per heavy atom. The van der Waals surface area contributed by atoms with E-state index in [-0.39, 0.29) is 18.6 Å². The Bertz CT molecular complexity index is 894. The van der Waals surface area contributed by atoms with E-state index in [4.69, 9.17) is 9.47 Å². The molecule has 0 saturated carbocycles. The topological polar surface area (TPSA) is 71.1 Å². The van der Waals surface area contributed by atoms with E-state index in [1.165, 1.54) is 4.90 Å². The van der Waals surface area contributed by atoms with Gasteiger partial charge in [-0.05, 0) is 41.5 Å². The van der Waals surface area contributed by atoms with Crippen LogP contribution in [0.25, 0.3) is 10.8 Å². The maximum atomic E-state index is 13.1. The molecule has 0 spiro atoms. The number of imide groups is 1. The minimum Gasteiger partial charge on any atom is -0.497 e. The third-order valence-electron chi connectivity index (χ3n) is 5.34. The minimum absolute atomic E-state index is 0.230. The Hall–Kier alpha value is -2.64. The highest BCUT2D eigenvalue weighted by molar-refractivity contribution is 6.07. The SMILES string of the molecule is COc1ccc2cc([C@@]3(C)NC(=O)N(CN4CCOCC4)C3=O)ccc2c1. The number of benzene rings is 2. The lowest BCUT2D eigenvalue weighted by Gasteiger charge is -2.30. The largest absolute Gasteiger partial charge is 0.497 e. The molecule has 3 amide bonds. The first-order chi connectivity index (χ1) is 13.0. The number of morpholine rings is 1. The molecule has 1 atom stereocenters. The van der Waals surface area contributed by atoms with Crippen LogP contribution >= 0.6 is 0 Å². The second kappa shape index (κ2) is 6.83. The van der Waals surface area contributed by atoms with Crippen LogP contribution in [-0.4, -0.2) is 61.8 Å². The van der Waals surface area contributed by atoms with Gasteiger partial charge in [-0.3, -0.25) is 9.69 Å². The Kier molecular flexibility index (Phi) is 4.49. The second-order valence-electron chi connectivity index (χ2n) is 7.09. The fourth-order valence-electron chi connectivity index (χ4n) is 3.63. The first-order valence-electron chi connectivity index (χ1n) is 9.04. The average molecular weight is 369 g/mol. The zero-order valence-electron chi connectivity index (χ0n) is 15.5. The fourth-order valence-corrected chi connectivity index (χ4v) is 3.63. The molecule has 2 saturated heterocycles. The van der Waals surface area contributed by atoms with Crippen molar-refractivity contribution in [3.8, 4) is 5.75 Å². The predicted octanol–water partition coefficient (Wildman–Crippen LogP) is 1.91. The first-order valence-corrected chi connectivity index (χ1v) is 9.04. The van der Waals surface area contributed by atoms with E-state index >= 15 is 0 Å². The third-order valence-corrected chi connectivity index (χ3v) is 5.34. The molecule has 0 bridgehead atoms. The van der Waals surface area contributed by atoms with Gasteiger partial charge in [-0.15, -0.1) is 0 Å². The highest BCUT2D eigenvalue weighted by Gasteiger charge is 2.49. The number of ether oxygens (including phenoxy) is 2. The molecule has 0 aromatic heterocycles. The van der Waals surface area contributed by atoms with E-state index in [1.54, 1.807) is 14.0 Å². The number of nitrogens with zero attached hydrogens (tertiary/aromatic N) is 2. The van der Waals surface area contributed by atoms with Gasteiger partial charge in [0, 0.05) is 13.1 Å². The third kappa shape index (κ3) is 3.13. The van der Waals surface area contributed by atoms with Crippen molar-refractivity contribution in [2.45, 2.75) is 12.5 Å². The number of methoxy groups -OCH3 is 1. The summed E-state index contributed by atoms with van der Waals surface area (Å²) in [6.45, 7) is 4.72. The fraction of sp³-hybridized carbons (Fsp3) is 0.400. The van der Waals surface area contributed by atoms with Gasteiger partial charge < -0.3 is 14.8 Å². The van der Waals surface area contributed by atoms with E-state index in [2.05, 4.69) is 10.2 Å². The lowest BCUT2D eigenvalue weighted by Crippen LogP contribution is -2.47. The van der Waals surface area contributed by atoms with Crippen molar-refractivity contribution < 1.29 is 19.1 Å². The van der Waals surface area contributed by atoms with Gasteiger partial charge in [0.25, 0.3) is 5.91 Å². The quantitative estimate of drug-likeness (QED) is 0.834. The van der Waals surface area contributed by atoms with Gasteiger partial charge in [-0.2, -0.15) is 0 Å². The van der Waals surface area contributed by atoms with E-state index in [0.29, 0.717) is 26.3 Å². The van der Waals surface area contributed by atoms with Crippen molar-refractivity contribution in [3.63, 3.8) is 0 Å². The van der Waals surface area contributed by atoms with E-state index in [9.17, 15) is 9.59 Å². The van der Waals surface area contributed by atoms with E-state index in [0.717, 1.165) is 22.1 Å². The second-order valence-corrected chi connectivity index (χ2v) is 7.09. The van der Waals surface area contributed by atoms with Crippen LogP contribution in [0.4, 0.5) is 4.79 Å². The molecule has 2 aromatic carbocycles. The Morgan fingerprint density at radius 3 is 2.56 bits per heavy atom. The van der Waals surface area contributed by atoms with Crippen LogP contribution in [0.5, 0.6) is 5.75 Å². The number of nitrogens with one attached hydrogen (secondary N) is 1. The summed E-state index contributed by atoms with van der Waals surface area (Å²) in [5, 5.41) is 4.88. The number of amides is 3. The van der Waals surface area contributed by atoms with Crippen LogP contribution in [0.3, 0.4) is 0 Å². The van der Waals surface area contributed by atoms with E-state index < -0.39 is 5.54 Å². The molecule has 142 valence electrons. The Labute approximate surface area is 157 Å². The number of rotatable bonds is 4. The van der Waals surface area contributed by atoms with Gasteiger partial charge in [0.15, 0.2) is 0 Å². The van der Waals surface area contributed by atoms with Gasteiger partial charge in [-0.1, -0.05) is 18.2 Å². The number of carbonyl (C=O) groups is 2. The predicted molar refractivity (Wildman–Crippen MR) is 100 cm³/mol. The summed E-state index contributed by atoms with van der Waals surface area (Å²) in [7, 11) is 1.63. The first kappa shape index (κ1) is 17.8. The number of carbonyl (C=O) groups excluding carboxylic acids is 2. The maximum absolute atomic E-state index is 13.1. The van der Waals surface area contributed by atoms with Gasteiger partial charge in [-0.25, -0.2) is 9.69 Å². The summed E-state index contributed by atoms with van der Waals surface area (Å²) in [6, 6.07) is 11.2. The smallest absolute Gasteiger partial charge is 0.326 e. The molecule has 4 rings (SSSR count). The van der Waals surface area contributed by atoms with Crippen molar-refractivity contribution >= 4 is 22.7 Å². The normalized spacial score (nSPS) is 23.7. The summed E-state index contributed by atoms with van der Waals surface area (Å²) in [4.78, 5) is 29.0. The molecule has 27 heavy (non-hydrogen) atoms. The Morgan fingerprint density at radius 1 is 1.11 bits per heavy atom. The molecule has 7 heteroatoms. The molecule has 7 nitrogen and oxygen atoms in total. The van der Waals surface area contributed by atoms with Crippen LogP contribution in [0.15, 0.2) is 36.4 Å². The van der Waals surface area contributed by atoms with Crippen molar-refractivity contribution in [2.75, 3.05) is 40.1 Å². The maximum Gasteiger partial charge on any atom is 0.326 e. The standard InChI is InChI=1S/C20H23N3O4/c1-20(16-5-3-15-12-17(26-2)6-4-14(15)11-16)18(24)23(19(25)21-20)13-22-7-9-27-10-8-22/h3-6,11-12H,7-10,13H2,1-2H3,(H,21,25)/t20-/m1/s1. The number of fused-ring (bicyclic) bond motifs is 1. The summed E-state index contributed by atoms with van der Waals surface area (Å²) < 4.78 is 10.6. The molecule has 0 unspecified atom stereocenters. The molecule has 2 fully saturated rings. The van der Waals surface area contributed by atoms with Crippen molar-refractivity contribution in [2.24, 2.45) is 0 Å². The molecule has 0 aliphatic carbocycles. The highest BCUT2D eigenvalue weighted by atomic mass is 16.5. The van der Waals surface area contributed by atoms with Crippen molar-refractivity contribution in [1.82, 2.24) is 15.1 Å². The van der Waals surface area contributed by atoms with Crippen LogP contribution in [-0.2, 0) is 15.1 Å². The number of hydrogen-bond donors (Lipinski definition) is 1. The summed E-state index contributed by atoms with van der Waals surface area (Å²) >= 11 is 0. The molecule has 0 radical (unpaired) electrons. The monoisotopic (exact) mass is 369 g/mol. The lowest BCUT2D eigenvalue weighted by molar-refractivity contribution is -0.133. The zero-order valence-corrected chi connectivity index (χ0v) is 15.5. The van der Waals surface area contributed by atoms with Crippen LogP contribution in [0.2, 0.25) is 0 Å². The summed E-state index contributed by atoms with van der Waals surface area (Å²) in [5.41, 5.74) is -0.305. The molecule has 2 aliphatic rings. The average Bonchev–Trinajstić information content (AvgIpc) is 2.92. The van der Waals surface area contributed by atoms with Crippen molar-refractivity contribution in [1.29, 1.82) is 0 Å². The zero-order chi connectivity index (χ0) is 19.0. The van der Waals surface area contributed by atoms with Crippen LogP contribution in [0.1, 0.15) is 12.5 Å². The van der Waals surface area contributed by atoms with Gasteiger partial charge in [0.05, 0.1) is 27.0 Å². The summed E-state index contributed by atoms with van der Waals surface area (Å²) in [5.74, 6) is 0.551.